The van der Waals surface area contributed by atoms with Gasteiger partial charge in [0.05, 0.1) is 19.3 Å². The molecule has 0 unspecified atom stereocenters. The highest BCUT2D eigenvalue weighted by Crippen LogP contribution is 2.10. The molecule has 2 atom stereocenters. The van der Waals surface area contributed by atoms with E-state index in [4.69, 9.17) is 16.3 Å². The normalized spacial score (nSPS) is 14.4. The molecule has 0 aliphatic carbocycles. The van der Waals surface area contributed by atoms with Crippen molar-refractivity contribution in [2.75, 3.05) is 13.2 Å². The van der Waals surface area contributed by atoms with E-state index in [-0.39, 0.29) is 0 Å². The zero-order chi connectivity index (χ0) is 13.4. The van der Waals surface area contributed by atoms with Crippen molar-refractivity contribution in [2.45, 2.75) is 39.0 Å². The van der Waals surface area contributed by atoms with Crippen LogP contribution < -0.4 is 5.32 Å². The largest absolute Gasteiger partial charge is 0.385 e. The second-order valence-corrected chi connectivity index (χ2v) is 5.09. The van der Waals surface area contributed by atoms with Crippen molar-refractivity contribution in [3.05, 3.63) is 34.9 Å². The number of quaternary nitrogens is 1. The molecule has 3 nitrogen and oxygen atoms in total. The zero-order valence-corrected chi connectivity index (χ0v) is 11.9. The van der Waals surface area contributed by atoms with Crippen LogP contribution in [0, 0.1) is 0 Å². The third-order valence-corrected chi connectivity index (χ3v) is 3.20. The summed E-state index contributed by atoms with van der Waals surface area (Å²) >= 11 is 5.80. The highest BCUT2D eigenvalue weighted by Gasteiger charge is 2.09. The number of aliphatic hydroxyl groups excluding tert-OH is 1. The second-order valence-electron chi connectivity index (χ2n) is 4.65. The predicted molar refractivity (Wildman–Crippen MR) is 73.7 cm³/mol. The van der Waals surface area contributed by atoms with E-state index in [1.165, 1.54) is 0 Å². The van der Waals surface area contributed by atoms with Gasteiger partial charge < -0.3 is 15.2 Å². The number of nitrogens with two attached hydrogens (primary N) is 1. The minimum Gasteiger partial charge on any atom is -0.385 e. The summed E-state index contributed by atoms with van der Waals surface area (Å²) in [6, 6.07) is 8.09. The molecule has 0 fully saturated rings. The summed E-state index contributed by atoms with van der Waals surface area (Å²) in [5.41, 5.74) is 1.07. The van der Waals surface area contributed by atoms with Crippen LogP contribution in [0.5, 0.6) is 0 Å². The molecule has 0 bridgehead atoms. The number of hydrogen-bond donors (Lipinski definition) is 2. The number of benzene rings is 1. The first kappa shape index (κ1) is 15.4. The molecule has 0 amide bonds. The first-order valence-electron chi connectivity index (χ1n) is 6.45. The van der Waals surface area contributed by atoms with Crippen LogP contribution in [0.15, 0.2) is 24.3 Å². The Morgan fingerprint density at radius 2 is 2.00 bits per heavy atom. The summed E-state index contributed by atoms with van der Waals surface area (Å²) in [5, 5.41) is 12.6. The van der Waals surface area contributed by atoms with Gasteiger partial charge in [-0.3, -0.25) is 0 Å². The molecular formula is C14H23ClNO2+. The first-order chi connectivity index (χ1) is 8.61. The molecule has 4 heteroatoms. The molecule has 1 aromatic rings. The van der Waals surface area contributed by atoms with Gasteiger partial charge in [-0.15, -0.1) is 0 Å². The number of aliphatic hydroxyl groups is 1. The highest BCUT2D eigenvalue weighted by atomic mass is 35.5. The Kier molecular flexibility index (Phi) is 7.28. The predicted octanol–water partition coefficient (Wildman–Crippen LogP) is 1.58. The Labute approximate surface area is 114 Å². The smallest absolute Gasteiger partial charge is 0.126 e. The Balaban J connectivity index is 2.15. The molecule has 3 N–H and O–H groups in total. The standard InChI is InChI=1S/C14H22ClNO2/c1-3-11(2)16-8-14(17)10-18-9-12-4-6-13(15)7-5-12/h4-7,11,14,16-17H,3,8-10H2,1-2H3/p+1/t11-,14-/m1/s1. The summed E-state index contributed by atoms with van der Waals surface area (Å²) in [6.07, 6.45) is 0.699. The fraction of sp³-hybridized carbons (Fsp3) is 0.571. The topological polar surface area (TPSA) is 46.1 Å². The average molecular weight is 273 g/mol. The number of rotatable bonds is 8. The van der Waals surface area contributed by atoms with E-state index >= 15 is 0 Å². The summed E-state index contributed by atoms with van der Waals surface area (Å²) < 4.78 is 5.47. The molecule has 102 valence electrons. The van der Waals surface area contributed by atoms with Gasteiger partial charge in [-0.1, -0.05) is 30.7 Å². The summed E-state index contributed by atoms with van der Waals surface area (Å²) in [7, 11) is 0. The van der Waals surface area contributed by atoms with Crippen LogP contribution in [-0.4, -0.2) is 30.4 Å². The van der Waals surface area contributed by atoms with Gasteiger partial charge in [-0.05, 0) is 31.0 Å². The fourth-order valence-electron chi connectivity index (χ4n) is 1.52. The van der Waals surface area contributed by atoms with Gasteiger partial charge in [-0.25, -0.2) is 0 Å². The first-order valence-corrected chi connectivity index (χ1v) is 6.83. The number of halogens is 1. The maximum Gasteiger partial charge on any atom is 0.126 e. The van der Waals surface area contributed by atoms with E-state index in [9.17, 15) is 5.11 Å². The van der Waals surface area contributed by atoms with Crippen molar-refractivity contribution in [3.63, 3.8) is 0 Å². The molecule has 0 spiro atoms. The molecule has 0 saturated heterocycles. The van der Waals surface area contributed by atoms with Crippen LogP contribution in [-0.2, 0) is 11.3 Å². The lowest BCUT2D eigenvalue weighted by atomic mass is 10.2. The zero-order valence-electron chi connectivity index (χ0n) is 11.1. The molecule has 0 aliphatic heterocycles. The van der Waals surface area contributed by atoms with Gasteiger partial charge in [0, 0.05) is 5.02 Å². The maximum absolute atomic E-state index is 9.74. The molecule has 0 saturated carbocycles. The summed E-state index contributed by atoms with van der Waals surface area (Å²) in [4.78, 5) is 0. The van der Waals surface area contributed by atoms with E-state index in [0.29, 0.717) is 25.8 Å². The Morgan fingerprint density at radius 1 is 1.33 bits per heavy atom. The fourth-order valence-corrected chi connectivity index (χ4v) is 1.64. The molecule has 0 aliphatic rings. The van der Waals surface area contributed by atoms with Crippen molar-refractivity contribution in [1.29, 1.82) is 0 Å². The van der Waals surface area contributed by atoms with E-state index in [1.54, 1.807) is 0 Å². The van der Waals surface area contributed by atoms with Crippen LogP contribution in [0.2, 0.25) is 5.02 Å². The van der Waals surface area contributed by atoms with Crippen molar-refractivity contribution in [1.82, 2.24) is 0 Å². The third-order valence-electron chi connectivity index (χ3n) is 2.95. The van der Waals surface area contributed by atoms with Crippen molar-refractivity contribution in [3.8, 4) is 0 Å². The van der Waals surface area contributed by atoms with E-state index in [2.05, 4.69) is 19.2 Å². The summed E-state index contributed by atoms with van der Waals surface area (Å²) in [5.74, 6) is 0. The average Bonchev–Trinajstić information content (AvgIpc) is 2.38. The van der Waals surface area contributed by atoms with Crippen LogP contribution in [0.25, 0.3) is 0 Å². The highest BCUT2D eigenvalue weighted by molar-refractivity contribution is 6.30. The lowest BCUT2D eigenvalue weighted by Crippen LogP contribution is -2.91. The van der Waals surface area contributed by atoms with Gasteiger partial charge in [0.1, 0.15) is 12.6 Å². The van der Waals surface area contributed by atoms with Gasteiger partial charge in [-0.2, -0.15) is 0 Å². The van der Waals surface area contributed by atoms with Crippen molar-refractivity contribution >= 4 is 11.6 Å². The number of hydrogen-bond acceptors (Lipinski definition) is 2. The summed E-state index contributed by atoms with van der Waals surface area (Å²) in [6.45, 7) is 5.87. The Morgan fingerprint density at radius 3 is 2.61 bits per heavy atom. The molecule has 0 heterocycles. The monoisotopic (exact) mass is 272 g/mol. The molecular weight excluding hydrogens is 250 g/mol. The molecule has 18 heavy (non-hydrogen) atoms. The lowest BCUT2D eigenvalue weighted by Gasteiger charge is -2.13. The minimum atomic E-state index is -0.411. The van der Waals surface area contributed by atoms with Crippen LogP contribution in [0.1, 0.15) is 25.8 Å². The molecule has 0 radical (unpaired) electrons. The third kappa shape index (κ3) is 6.36. The minimum absolute atomic E-state index is 0.371. The Hall–Kier alpha value is -0.610. The SMILES string of the molecule is CC[C@@H](C)[NH2+]C[C@@H](O)COCc1ccc(Cl)cc1. The van der Waals surface area contributed by atoms with Crippen LogP contribution in [0.3, 0.4) is 0 Å². The van der Waals surface area contributed by atoms with Gasteiger partial charge >= 0.3 is 0 Å². The lowest BCUT2D eigenvalue weighted by molar-refractivity contribution is -0.692. The van der Waals surface area contributed by atoms with Gasteiger partial charge in [0.2, 0.25) is 0 Å². The quantitative estimate of drug-likeness (QED) is 0.755. The molecule has 1 rings (SSSR count). The second kappa shape index (κ2) is 8.48. The maximum atomic E-state index is 9.74. The molecule has 0 aromatic heterocycles. The van der Waals surface area contributed by atoms with E-state index in [0.717, 1.165) is 17.0 Å². The Bertz CT molecular complexity index is 329. The number of ether oxygens (including phenoxy) is 1. The van der Waals surface area contributed by atoms with Crippen molar-refractivity contribution < 1.29 is 15.2 Å². The van der Waals surface area contributed by atoms with Crippen LogP contribution >= 0.6 is 11.6 Å². The van der Waals surface area contributed by atoms with Gasteiger partial charge in [0.15, 0.2) is 0 Å². The van der Waals surface area contributed by atoms with Crippen molar-refractivity contribution in [2.24, 2.45) is 0 Å². The van der Waals surface area contributed by atoms with Gasteiger partial charge in [0.25, 0.3) is 0 Å². The molecule has 1 aromatic carbocycles. The van der Waals surface area contributed by atoms with Crippen LogP contribution in [0.4, 0.5) is 0 Å². The van der Waals surface area contributed by atoms with E-state index in [1.807, 2.05) is 24.3 Å². The van der Waals surface area contributed by atoms with E-state index < -0.39 is 6.10 Å².